The lowest BCUT2D eigenvalue weighted by Gasteiger charge is -2.01. The molecule has 0 aliphatic carbocycles. The molecule has 0 atom stereocenters. The molecule has 0 aliphatic rings. The van der Waals surface area contributed by atoms with Crippen molar-refractivity contribution in [2.45, 2.75) is 13.8 Å². The summed E-state index contributed by atoms with van der Waals surface area (Å²) in [6.45, 7) is 3.88. The van der Waals surface area contributed by atoms with E-state index < -0.39 is 0 Å². The number of hydrogen-bond donors (Lipinski definition) is 0. The zero-order valence-corrected chi connectivity index (χ0v) is 11.0. The van der Waals surface area contributed by atoms with E-state index in [0.717, 1.165) is 15.7 Å². The Morgan fingerprint density at radius 2 is 2.00 bits per heavy atom. The highest BCUT2D eigenvalue weighted by molar-refractivity contribution is 9.10. The van der Waals surface area contributed by atoms with E-state index in [1.807, 2.05) is 27.0 Å². The average molecular weight is 283 g/mol. The van der Waals surface area contributed by atoms with Gasteiger partial charge in [0.25, 0.3) is 0 Å². The predicted octanol–water partition coefficient (Wildman–Crippen LogP) is 3.61. The Kier molecular flexibility index (Phi) is 2.84. The first-order valence-corrected chi connectivity index (χ1v) is 5.75. The van der Waals surface area contributed by atoms with Crippen LogP contribution in [0.15, 0.2) is 22.7 Å². The van der Waals surface area contributed by atoms with Crippen LogP contribution in [0.25, 0.3) is 11.3 Å². The molecular weight excluding hydrogens is 271 g/mol. The molecule has 0 spiro atoms. The summed E-state index contributed by atoms with van der Waals surface area (Å²) < 4.78 is 16.3. The highest BCUT2D eigenvalue weighted by Crippen LogP contribution is 2.31. The maximum absolute atomic E-state index is 13.7. The second-order valence-corrected chi connectivity index (χ2v) is 4.65. The van der Waals surface area contributed by atoms with Crippen molar-refractivity contribution < 1.29 is 4.39 Å². The van der Waals surface area contributed by atoms with Gasteiger partial charge >= 0.3 is 0 Å². The van der Waals surface area contributed by atoms with E-state index in [1.165, 1.54) is 6.07 Å². The number of nitrogens with zero attached hydrogens (tertiary/aromatic N) is 2. The first kappa shape index (κ1) is 11.3. The highest BCUT2D eigenvalue weighted by atomic mass is 79.9. The number of benzene rings is 1. The van der Waals surface area contributed by atoms with Crippen LogP contribution >= 0.6 is 15.9 Å². The Labute approximate surface area is 102 Å². The van der Waals surface area contributed by atoms with Crippen LogP contribution in [0.1, 0.15) is 11.3 Å². The number of hydrogen-bond acceptors (Lipinski definition) is 1. The number of rotatable bonds is 1. The molecule has 0 radical (unpaired) electrons. The fourth-order valence-corrected chi connectivity index (χ4v) is 2.12. The Morgan fingerprint density at radius 1 is 1.31 bits per heavy atom. The van der Waals surface area contributed by atoms with Crippen LogP contribution in [0.4, 0.5) is 4.39 Å². The molecule has 0 bridgehead atoms. The molecule has 0 saturated carbocycles. The maximum Gasteiger partial charge on any atom is 0.132 e. The maximum atomic E-state index is 13.7. The fraction of sp³-hybridized carbons (Fsp3) is 0.250. The van der Waals surface area contributed by atoms with Gasteiger partial charge in [-0.2, -0.15) is 5.10 Å². The van der Waals surface area contributed by atoms with Crippen LogP contribution in [0.5, 0.6) is 0 Å². The lowest BCUT2D eigenvalue weighted by molar-refractivity contribution is 0.629. The molecule has 2 aromatic rings. The van der Waals surface area contributed by atoms with Gasteiger partial charge in [0.15, 0.2) is 0 Å². The van der Waals surface area contributed by atoms with E-state index in [4.69, 9.17) is 0 Å². The van der Waals surface area contributed by atoms with Gasteiger partial charge in [-0.25, -0.2) is 4.39 Å². The topological polar surface area (TPSA) is 17.8 Å². The van der Waals surface area contributed by atoms with E-state index in [2.05, 4.69) is 21.0 Å². The van der Waals surface area contributed by atoms with E-state index in [-0.39, 0.29) is 5.82 Å². The summed E-state index contributed by atoms with van der Waals surface area (Å²) in [6.07, 6.45) is 0. The molecule has 4 heteroatoms. The zero-order chi connectivity index (χ0) is 11.9. The lowest BCUT2D eigenvalue weighted by Crippen LogP contribution is -1.93. The molecule has 0 fully saturated rings. The van der Waals surface area contributed by atoms with E-state index in [1.54, 1.807) is 10.7 Å². The van der Waals surface area contributed by atoms with Crippen LogP contribution in [0.2, 0.25) is 0 Å². The molecule has 0 unspecified atom stereocenters. The molecular formula is C12H12BrFN2. The average Bonchev–Trinajstić information content (AvgIpc) is 2.50. The smallest absolute Gasteiger partial charge is 0.132 e. The second-order valence-electron chi connectivity index (χ2n) is 3.85. The number of aromatic nitrogens is 2. The van der Waals surface area contributed by atoms with Crippen molar-refractivity contribution in [1.82, 2.24) is 9.78 Å². The first-order valence-electron chi connectivity index (χ1n) is 4.96. The Morgan fingerprint density at radius 3 is 2.56 bits per heavy atom. The van der Waals surface area contributed by atoms with Gasteiger partial charge in [-0.1, -0.05) is 11.6 Å². The van der Waals surface area contributed by atoms with E-state index in [0.29, 0.717) is 11.3 Å². The summed E-state index contributed by atoms with van der Waals surface area (Å²) in [5.41, 5.74) is 3.19. The summed E-state index contributed by atoms with van der Waals surface area (Å²) in [4.78, 5) is 0. The van der Waals surface area contributed by atoms with Crippen molar-refractivity contribution in [1.29, 1.82) is 0 Å². The molecule has 84 valence electrons. The van der Waals surface area contributed by atoms with Gasteiger partial charge in [0.1, 0.15) is 11.5 Å². The van der Waals surface area contributed by atoms with Gasteiger partial charge < -0.3 is 0 Å². The molecule has 0 amide bonds. The first-order chi connectivity index (χ1) is 7.50. The molecule has 1 aromatic heterocycles. The summed E-state index contributed by atoms with van der Waals surface area (Å²) in [5, 5.41) is 4.31. The molecule has 0 aliphatic heterocycles. The molecule has 1 aromatic carbocycles. The monoisotopic (exact) mass is 282 g/mol. The molecule has 16 heavy (non-hydrogen) atoms. The Bertz CT molecular complexity index is 546. The van der Waals surface area contributed by atoms with Crippen LogP contribution in [-0.4, -0.2) is 9.78 Å². The fourth-order valence-electron chi connectivity index (χ4n) is 1.57. The highest BCUT2D eigenvalue weighted by Gasteiger charge is 2.15. The molecule has 2 rings (SSSR count). The van der Waals surface area contributed by atoms with Crippen molar-refractivity contribution in [3.63, 3.8) is 0 Å². The van der Waals surface area contributed by atoms with Crippen molar-refractivity contribution in [3.8, 4) is 11.3 Å². The summed E-state index contributed by atoms with van der Waals surface area (Å²) in [7, 11) is 1.84. The minimum Gasteiger partial charge on any atom is -0.271 e. The number of aryl methyl sites for hydroxylation is 2. The minimum atomic E-state index is -0.246. The Hall–Kier alpha value is -1.16. The summed E-state index contributed by atoms with van der Waals surface area (Å²) in [5.74, 6) is -0.246. The third-order valence-corrected chi connectivity index (χ3v) is 3.59. The van der Waals surface area contributed by atoms with Gasteiger partial charge in [0.2, 0.25) is 0 Å². The predicted molar refractivity (Wildman–Crippen MR) is 65.8 cm³/mol. The largest absolute Gasteiger partial charge is 0.271 e. The normalized spacial score (nSPS) is 10.8. The van der Waals surface area contributed by atoms with Gasteiger partial charge in [-0.15, -0.1) is 0 Å². The van der Waals surface area contributed by atoms with Crippen LogP contribution < -0.4 is 0 Å². The van der Waals surface area contributed by atoms with Gasteiger partial charge in [0.05, 0.1) is 4.47 Å². The van der Waals surface area contributed by atoms with Crippen LogP contribution in [-0.2, 0) is 7.05 Å². The van der Waals surface area contributed by atoms with E-state index >= 15 is 0 Å². The van der Waals surface area contributed by atoms with Crippen molar-refractivity contribution >= 4 is 15.9 Å². The number of halogens is 2. The molecule has 2 nitrogen and oxygen atoms in total. The summed E-state index contributed by atoms with van der Waals surface area (Å²) >= 11 is 3.45. The van der Waals surface area contributed by atoms with Gasteiger partial charge in [-0.05, 0) is 41.9 Å². The van der Waals surface area contributed by atoms with Gasteiger partial charge in [-0.3, -0.25) is 4.68 Å². The third kappa shape index (κ3) is 1.78. The quantitative estimate of drug-likeness (QED) is 0.781. The third-order valence-electron chi connectivity index (χ3n) is 2.64. The second kappa shape index (κ2) is 4.01. The van der Waals surface area contributed by atoms with Crippen molar-refractivity contribution in [2.24, 2.45) is 7.05 Å². The Balaban J connectivity index is 2.67. The van der Waals surface area contributed by atoms with Crippen LogP contribution in [0, 0.1) is 19.7 Å². The molecule has 1 heterocycles. The molecule has 0 N–H and O–H groups in total. The molecule has 0 saturated heterocycles. The standard InChI is InChI=1S/C12H12BrFN2/c1-7-4-5-10(14)9(6-7)12-11(13)8(2)16(3)15-12/h4-6H,1-3H3. The van der Waals surface area contributed by atoms with Crippen LogP contribution in [0.3, 0.4) is 0 Å². The van der Waals surface area contributed by atoms with Crippen molar-refractivity contribution in [2.75, 3.05) is 0 Å². The van der Waals surface area contributed by atoms with E-state index in [9.17, 15) is 4.39 Å². The lowest BCUT2D eigenvalue weighted by atomic mass is 10.1. The summed E-state index contributed by atoms with van der Waals surface area (Å²) in [6, 6.07) is 5.03. The zero-order valence-electron chi connectivity index (χ0n) is 9.38. The van der Waals surface area contributed by atoms with Gasteiger partial charge in [0, 0.05) is 18.3 Å². The minimum absolute atomic E-state index is 0.246. The SMILES string of the molecule is Cc1ccc(F)c(-c2nn(C)c(C)c2Br)c1. The van der Waals surface area contributed by atoms with Crippen molar-refractivity contribution in [3.05, 3.63) is 39.7 Å².